The predicted octanol–water partition coefficient (Wildman–Crippen LogP) is 4.63. The number of aromatic nitrogens is 1. The highest BCUT2D eigenvalue weighted by molar-refractivity contribution is 7.93. The Bertz CT molecular complexity index is 1170. The smallest absolute Gasteiger partial charge is 0.264 e. The Hall–Kier alpha value is -2.80. The maximum absolute atomic E-state index is 13.8. The van der Waals surface area contributed by atoms with E-state index >= 15 is 0 Å². The van der Waals surface area contributed by atoms with E-state index in [0.29, 0.717) is 28.3 Å². The van der Waals surface area contributed by atoms with E-state index in [-0.39, 0.29) is 17.5 Å². The second-order valence-corrected chi connectivity index (χ2v) is 9.30. The van der Waals surface area contributed by atoms with Crippen LogP contribution in [0.4, 0.5) is 5.69 Å². The average Bonchev–Trinajstić information content (AvgIpc) is 3.13. The van der Waals surface area contributed by atoms with E-state index < -0.39 is 10.0 Å². The number of hydrogen-bond donors (Lipinski definition) is 0. The summed E-state index contributed by atoms with van der Waals surface area (Å²) in [6.07, 6.45) is 0.524. The van der Waals surface area contributed by atoms with Crippen molar-refractivity contribution in [2.45, 2.75) is 45.1 Å². The van der Waals surface area contributed by atoms with E-state index in [1.165, 1.54) is 4.31 Å². The normalized spacial score (nSPS) is 16.4. The zero-order chi connectivity index (χ0) is 20.8. The third-order valence-electron chi connectivity index (χ3n) is 5.17. The SMILES string of the molecule is CC[C@@H]1CN(S(=O)(=O)c2cc(-c3cc(C)no3)ccc2C)c2cc(C)ccc2O1. The Balaban J connectivity index is 1.84. The molecule has 0 amide bonds. The summed E-state index contributed by atoms with van der Waals surface area (Å²) in [7, 11) is -3.80. The fourth-order valence-corrected chi connectivity index (χ4v) is 5.26. The molecule has 1 atom stereocenters. The second kappa shape index (κ2) is 7.22. The minimum Gasteiger partial charge on any atom is -0.486 e. The van der Waals surface area contributed by atoms with Gasteiger partial charge in [0.15, 0.2) is 5.76 Å². The molecule has 2 aromatic carbocycles. The summed E-state index contributed by atoms with van der Waals surface area (Å²) in [6.45, 7) is 7.84. The van der Waals surface area contributed by atoms with Gasteiger partial charge in [-0.3, -0.25) is 4.31 Å². The lowest BCUT2D eigenvalue weighted by Crippen LogP contribution is -2.43. The topological polar surface area (TPSA) is 72.6 Å². The van der Waals surface area contributed by atoms with Crippen LogP contribution in [0, 0.1) is 20.8 Å². The third kappa shape index (κ3) is 3.51. The summed E-state index contributed by atoms with van der Waals surface area (Å²) in [6, 6.07) is 12.7. The average molecular weight is 413 g/mol. The van der Waals surface area contributed by atoms with E-state index in [0.717, 1.165) is 17.7 Å². The predicted molar refractivity (Wildman–Crippen MR) is 112 cm³/mol. The molecule has 1 aromatic heterocycles. The fourth-order valence-electron chi connectivity index (χ4n) is 3.51. The number of benzene rings is 2. The van der Waals surface area contributed by atoms with Gasteiger partial charge < -0.3 is 9.26 Å². The molecular weight excluding hydrogens is 388 g/mol. The number of nitrogens with zero attached hydrogens (tertiary/aromatic N) is 2. The van der Waals surface area contributed by atoms with Gasteiger partial charge in [-0.15, -0.1) is 0 Å². The highest BCUT2D eigenvalue weighted by atomic mass is 32.2. The van der Waals surface area contributed by atoms with Crippen LogP contribution >= 0.6 is 0 Å². The van der Waals surface area contributed by atoms with Crippen molar-refractivity contribution in [3.05, 3.63) is 59.3 Å². The first-order valence-corrected chi connectivity index (χ1v) is 11.1. The lowest BCUT2D eigenvalue weighted by molar-refractivity contribution is 0.195. The van der Waals surface area contributed by atoms with Crippen LogP contribution in [0.3, 0.4) is 0 Å². The number of rotatable bonds is 4. The van der Waals surface area contributed by atoms with Crippen LogP contribution in [0.5, 0.6) is 5.75 Å². The van der Waals surface area contributed by atoms with Crippen molar-refractivity contribution in [2.75, 3.05) is 10.8 Å². The molecule has 0 N–H and O–H groups in total. The van der Waals surface area contributed by atoms with Crippen molar-refractivity contribution < 1.29 is 17.7 Å². The van der Waals surface area contributed by atoms with E-state index in [1.807, 2.05) is 45.0 Å². The molecule has 6 nitrogen and oxygen atoms in total. The second-order valence-electron chi connectivity index (χ2n) is 7.47. The summed E-state index contributed by atoms with van der Waals surface area (Å²) in [5.41, 5.74) is 3.66. The minimum atomic E-state index is -3.80. The summed E-state index contributed by atoms with van der Waals surface area (Å²) < 4.78 is 40.3. The standard InChI is InChI=1S/C22H24N2O4S/c1-5-18-13-24(19-10-14(2)6-9-20(19)27-18)29(25,26)22-12-17(8-7-15(22)3)21-11-16(4)23-28-21/h6-12,18H,5,13H2,1-4H3/t18-/m1/s1. The molecular formula is C22H24N2O4S. The van der Waals surface area contributed by atoms with Gasteiger partial charge in [0.2, 0.25) is 0 Å². The first-order chi connectivity index (χ1) is 13.8. The third-order valence-corrected chi connectivity index (χ3v) is 7.09. The molecule has 1 aliphatic heterocycles. The summed E-state index contributed by atoms with van der Waals surface area (Å²) in [5, 5.41) is 3.91. The van der Waals surface area contributed by atoms with E-state index in [2.05, 4.69) is 5.16 Å². The van der Waals surface area contributed by atoms with Crippen molar-refractivity contribution in [1.29, 1.82) is 0 Å². The molecule has 7 heteroatoms. The van der Waals surface area contributed by atoms with Crippen LogP contribution in [0.15, 0.2) is 51.9 Å². The van der Waals surface area contributed by atoms with Crippen molar-refractivity contribution in [2.24, 2.45) is 0 Å². The molecule has 2 heterocycles. The molecule has 0 saturated heterocycles. The highest BCUT2D eigenvalue weighted by Gasteiger charge is 2.35. The number of aryl methyl sites for hydroxylation is 3. The number of sulfonamides is 1. The first kappa shape index (κ1) is 19.5. The quantitative estimate of drug-likeness (QED) is 0.624. The van der Waals surface area contributed by atoms with Gasteiger partial charge >= 0.3 is 0 Å². The lowest BCUT2D eigenvalue weighted by Gasteiger charge is -2.35. The Kier molecular flexibility index (Phi) is 4.86. The van der Waals surface area contributed by atoms with Crippen molar-refractivity contribution in [3.8, 4) is 17.1 Å². The van der Waals surface area contributed by atoms with Gasteiger partial charge in [0.25, 0.3) is 10.0 Å². The Morgan fingerprint density at radius 1 is 1.10 bits per heavy atom. The molecule has 0 spiro atoms. The molecule has 0 bridgehead atoms. The number of fused-ring (bicyclic) bond motifs is 1. The highest BCUT2D eigenvalue weighted by Crippen LogP contribution is 2.39. The molecule has 3 aromatic rings. The Labute approximate surface area is 171 Å². The van der Waals surface area contributed by atoms with Gasteiger partial charge in [-0.1, -0.05) is 30.3 Å². The first-order valence-electron chi connectivity index (χ1n) is 9.64. The molecule has 0 radical (unpaired) electrons. The van der Waals surface area contributed by atoms with Crippen molar-refractivity contribution >= 4 is 15.7 Å². The van der Waals surface area contributed by atoms with Crippen LogP contribution in [0.25, 0.3) is 11.3 Å². The van der Waals surface area contributed by atoms with Crippen molar-refractivity contribution in [1.82, 2.24) is 5.16 Å². The number of ether oxygens (including phenoxy) is 1. The van der Waals surface area contributed by atoms with Gasteiger partial charge in [-0.25, -0.2) is 8.42 Å². The fraction of sp³-hybridized carbons (Fsp3) is 0.318. The van der Waals surface area contributed by atoms with E-state index in [1.54, 1.807) is 25.1 Å². The van der Waals surface area contributed by atoms with Gasteiger partial charge in [0, 0.05) is 11.6 Å². The molecule has 1 aliphatic rings. The van der Waals surface area contributed by atoms with Crippen LogP contribution in [0.2, 0.25) is 0 Å². The summed E-state index contributed by atoms with van der Waals surface area (Å²) in [5.74, 6) is 1.14. The van der Waals surface area contributed by atoms with Gasteiger partial charge in [-0.05, 0) is 56.5 Å². The van der Waals surface area contributed by atoms with Crippen LogP contribution in [-0.2, 0) is 10.0 Å². The van der Waals surface area contributed by atoms with Gasteiger partial charge in [0.1, 0.15) is 11.9 Å². The Morgan fingerprint density at radius 2 is 1.90 bits per heavy atom. The largest absolute Gasteiger partial charge is 0.486 e. The van der Waals surface area contributed by atoms with Crippen LogP contribution in [0.1, 0.15) is 30.2 Å². The Morgan fingerprint density at radius 3 is 2.59 bits per heavy atom. The zero-order valence-electron chi connectivity index (χ0n) is 17.0. The number of anilines is 1. The molecule has 29 heavy (non-hydrogen) atoms. The zero-order valence-corrected chi connectivity index (χ0v) is 17.8. The summed E-state index contributed by atoms with van der Waals surface area (Å²) >= 11 is 0. The van der Waals surface area contributed by atoms with Crippen LogP contribution < -0.4 is 9.04 Å². The lowest BCUT2D eigenvalue weighted by atomic mass is 10.1. The number of hydrogen-bond acceptors (Lipinski definition) is 5. The van der Waals surface area contributed by atoms with Crippen molar-refractivity contribution in [3.63, 3.8) is 0 Å². The maximum atomic E-state index is 13.8. The van der Waals surface area contributed by atoms with Gasteiger partial charge in [-0.2, -0.15) is 0 Å². The summed E-state index contributed by atoms with van der Waals surface area (Å²) in [4.78, 5) is 0.258. The minimum absolute atomic E-state index is 0.194. The monoisotopic (exact) mass is 412 g/mol. The molecule has 0 unspecified atom stereocenters. The maximum Gasteiger partial charge on any atom is 0.264 e. The molecule has 4 rings (SSSR count). The van der Waals surface area contributed by atoms with E-state index in [9.17, 15) is 8.42 Å². The van der Waals surface area contributed by atoms with Gasteiger partial charge in [0.05, 0.1) is 22.8 Å². The van der Waals surface area contributed by atoms with E-state index in [4.69, 9.17) is 9.26 Å². The molecule has 0 aliphatic carbocycles. The molecule has 152 valence electrons. The van der Waals surface area contributed by atoms with Crippen LogP contribution in [-0.4, -0.2) is 26.2 Å². The molecule has 0 saturated carbocycles. The molecule has 0 fully saturated rings.